The van der Waals surface area contributed by atoms with E-state index < -0.39 is 16.1 Å². The minimum Gasteiger partial charge on any atom is -0.497 e. The molecule has 1 fully saturated rings. The lowest BCUT2D eigenvalue weighted by molar-refractivity contribution is -0.123. The topological polar surface area (TPSA) is 94.2 Å². The standard InChI is InChI=1S/C25H26N2O6S/c1-31-22-9-5-8-20(18-22)26-25(28)24(19-6-3-2-4-7-19)33-21-10-12-23(13-11-21)34(29,30)27-14-16-32-17-15-27/h2-13,18,24H,14-17H2,1H3,(H,26,28)/t24-/m1/s1. The summed E-state index contributed by atoms with van der Waals surface area (Å²) >= 11 is 0. The first-order chi connectivity index (χ1) is 16.5. The van der Waals surface area contributed by atoms with Crippen LogP contribution in [0.2, 0.25) is 0 Å². The molecule has 0 bridgehead atoms. The summed E-state index contributed by atoms with van der Waals surface area (Å²) in [4.78, 5) is 13.3. The van der Waals surface area contributed by atoms with Gasteiger partial charge in [-0.15, -0.1) is 0 Å². The summed E-state index contributed by atoms with van der Waals surface area (Å²) in [6, 6.07) is 22.2. The minimum atomic E-state index is -3.62. The number of nitrogens with one attached hydrogen (secondary N) is 1. The number of morpholine rings is 1. The molecule has 0 saturated carbocycles. The highest BCUT2D eigenvalue weighted by Gasteiger charge is 2.27. The number of anilines is 1. The van der Waals surface area contributed by atoms with Gasteiger partial charge in [0, 0.05) is 30.4 Å². The zero-order chi connectivity index (χ0) is 24.0. The van der Waals surface area contributed by atoms with E-state index in [9.17, 15) is 13.2 Å². The molecule has 0 radical (unpaired) electrons. The van der Waals surface area contributed by atoms with E-state index in [2.05, 4.69) is 5.32 Å². The predicted octanol–water partition coefficient (Wildman–Crippen LogP) is 3.47. The first-order valence-corrected chi connectivity index (χ1v) is 12.3. The van der Waals surface area contributed by atoms with E-state index >= 15 is 0 Å². The lowest BCUT2D eigenvalue weighted by atomic mass is 10.1. The number of carbonyl (C=O) groups is 1. The van der Waals surface area contributed by atoms with Crippen LogP contribution in [0.5, 0.6) is 11.5 Å². The molecule has 1 amide bonds. The van der Waals surface area contributed by atoms with Crippen LogP contribution in [0, 0.1) is 0 Å². The molecule has 3 aromatic rings. The second-order valence-corrected chi connectivity index (χ2v) is 9.56. The van der Waals surface area contributed by atoms with Crippen LogP contribution in [0.15, 0.2) is 83.8 Å². The molecule has 1 saturated heterocycles. The summed E-state index contributed by atoms with van der Waals surface area (Å²) in [6.45, 7) is 1.39. The summed E-state index contributed by atoms with van der Waals surface area (Å²) in [5, 5.41) is 2.86. The predicted molar refractivity (Wildman–Crippen MR) is 127 cm³/mol. The Bertz CT molecular complexity index is 1210. The molecule has 178 valence electrons. The van der Waals surface area contributed by atoms with Crippen LogP contribution in [0.25, 0.3) is 0 Å². The molecular formula is C25H26N2O6S. The van der Waals surface area contributed by atoms with E-state index in [1.165, 1.54) is 16.4 Å². The van der Waals surface area contributed by atoms with Gasteiger partial charge in [-0.1, -0.05) is 36.4 Å². The van der Waals surface area contributed by atoms with Gasteiger partial charge in [0.05, 0.1) is 25.2 Å². The Morgan fingerprint density at radius 1 is 0.941 bits per heavy atom. The molecule has 1 heterocycles. The maximum atomic E-state index is 13.2. The smallest absolute Gasteiger partial charge is 0.270 e. The molecule has 4 rings (SSSR count). The third-order valence-corrected chi connectivity index (χ3v) is 7.28. The Morgan fingerprint density at radius 2 is 1.65 bits per heavy atom. The first-order valence-electron chi connectivity index (χ1n) is 10.8. The van der Waals surface area contributed by atoms with Gasteiger partial charge in [-0.3, -0.25) is 4.79 Å². The zero-order valence-electron chi connectivity index (χ0n) is 18.7. The van der Waals surface area contributed by atoms with Crippen molar-refractivity contribution >= 4 is 21.6 Å². The molecule has 3 aromatic carbocycles. The van der Waals surface area contributed by atoms with Gasteiger partial charge >= 0.3 is 0 Å². The van der Waals surface area contributed by atoms with Gasteiger partial charge in [-0.2, -0.15) is 4.31 Å². The second kappa shape index (κ2) is 10.7. The van der Waals surface area contributed by atoms with Crippen molar-refractivity contribution in [3.63, 3.8) is 0 Å². The molecule has 0 unspecified atom stereocenters. The van der Waals surface area contributed by atoms with Gasteiger partial charge < -0.3 is 19.5 Å². The Balaban J connectivity index is 1.54. The van der Waals surface area contributed by atoms with Gasteiger partial charge in [0.1, 0.15) is 11.5 Å². The maximum absolute atomic E-state index is 13.2. The van der Waals surface area contributed by atoms with Crippen molar-refractivity contribution in [1.29, 1.82) is 0 Å². The van der Waals surface area contributed by atoms with E-state index in [-0.39, 0.29) is 10.8 Å². The van der Waals surface area contributed by atoms with Crippen LogP contribution in [0.4, 0.5) is 5.69 Å². The largest absolute Gasteiger partial charge is 0.497 e. The lowest BCUT2D eigenvalue weighted by Gasteiger charge is -2.26. The average molecular weight is 483 g/mol. The summed E-state index contributed by atoms with van der Waals surface area (Å²) in [6.07, 6.45) is -0.950. The number of rotatable bonds is 8. The number of benzene rings is 3. The summed E-state index contributed by atoms with van der Waals surface area (Å²) in [5.74, 6) is 0.618. The Kier molecular flexibility index (Phi) is 7.46. The van der Waals surface area contributed by atoms with E-state index in [1.54, 1.807) is 55.6 Å². The number of sulfonamides is 1. The fourth-order valence-corrected chi connectivity index (χ4v) is 4.98. The summed E-state index contributed by atoms with van der Waals surface area (Å²) in [5.41, 5.74) is 1.23. The van der Waals surface area contributed by atoms with E-state index in [0.717, 1.165) is 0 Å². The highest BCUT2D eigenvalue weighted by atomic mass is 32.2. The lowest BCUT2D eigenvalue weighted by Crippen LogP contribution is -2.40. The third kappa shape index (κ3) is 5.56. The zero-order valence-corrected chi connectivity index (χ0v) is 19.5. The van der Waals surface area contributed by atoms with Gasteiger partial charge in [0.15, 0.2) is 0 Å². The average Bonchev–Trinajstić information content (AvgIpc) is 2.88. The third-order valence-electron chi connectivity index (χ3n) is 5.36. The molecule has 0 spiro atoms. The van der Waals surface area contributed by atoms with Gasteiger partial charge in [-0.25, -0.2) is 8.42 Å². The summed E-state index contributed by atoms with van der Waals surface area (Å²) < 4.78 is 43.6. The number of ether oxygens (including phenoxy) is 3. The van der Waals surface area contributed by atoms with Crippen molar-refractivity contribution < 1.29 is 27.4 Å². The Labute approximate surface area is 199 Å². The fraction of sp³-hybridized carbons (Fsp3) is 0.240. The van der Waals surface area contributed by atoms with Crippen LogP contribution < -0.4 is 14.8 Å². The SMILES string of the molecule is COc1cccc(NC(=O)[C@H](Oc2ccc(S(=O)(=O)N3CCOCC3)cc2)c2ccccc2)c1. The minimum absolute atomic E-state index is 0.166. The van der Waals surface area contributed by atoms with Crippen LogP contribution in [-0.2, 0) is 19.6 Å². The van der Waals surface area contributed by atoms with Gasteiger partial charge in [0.2, 0.25) is 16.1 Å². The quantitative estimate of drug-likeness (QED) is 0.528. The molecule has 0 aliphatic carbocycles. The van der Waals surface area contributed by atoms with Crippen molar-refractivity contribution in [2.24, 2.45) is 0 Å². The second-order valence-electron chi connectivity index (χ2n) is 7.62. The maximum Gasteiger partial charge on any atom is 0.270 e. The summed E-state index contributed by atoms with van der Waals surface area (Å²) in [7, 11) is -2.06. The molecule has 1 aliphatic heterocycles. The highest BCUT2D eigenvalue weighted by Crippen LogP contribution is 2.27. The van der Waals surface area contributed by atoms with Crippen molar-refractivity contribution in [1.82, 2.24) is 4.31 Å². The fourth-order valence-electron chi connectivity index (χ4n) is 3.57. The van der Waals surface area contributed by atoms with Crippen LogP contribution in [0.3, 0.4) is 0 Å². The van der Waals surface area contributed by atoms with Crippen molar-refractivity contribution in [2.45, 2.75) is 11.0 Å². The van der Waals surface area contributed by atoms with E-state index in [0.29, 0.717) is 49.1 Å². The van der Waals surface area contributed by atoms with Crippen molar-refractivity contribution in [2.75, 3.05) is 38.7 Å². The highest BCUT2D eigenvalue weighted by molar-refractivity contribution is 7.89. The number of carbonyl (C=O) groups excluding carboxylic acids is 1. The number of hydrogen-bond acceptors (Lipinski definition) is 6. The molecule has 9 heteroatoms. The van der Waals surface area contributed by atoms with E-state index in [4.69, 9.17) is 14.2 Å². The number of amides is 1. The monoisotopic (exact) mass is 482 g/mol. The van der Waals surface area contributed by atoms with Crippen LogP contribution >= 0.6 is 0 Å². The van der Waals surface area contributed by atoms with Gasteiger partial charge in [0.25, 0.3) is 5.91 Å². The van der Waals surface area contributed by atoms with Crippen molar-refractivity contribution in [3.05, 3.63) is 84.4 Å². The molecule has 1 N–H and O–H groups in total. The van der Waals surface area contributed by atoms with Crippen LogP contribution in [0.1, 0.15) is 11.7 Å². The molecule has 0 aromatic heterocycles. The molecular weight excluding hydrogens is 456 g/mol. The van der Waals surface area contributed by atoms with Crippen molar-refractivity contribution in [3.8, 4) is 11.5 Å². The number of nitrogens with zero attached hydrogens (tertiary/aromatic N) is 1. The normalized spacial score (nSPS) is 15.3. The van der Waals surface area contributed by atoms with Crippen LogP contribution in [-0.4, -0.2) is 52.0 Å². The number of hydrogen-bond donors (Lipinski definition) is 1. The number of methoxy groups -OCH3 is 1. The van der Waals surface area contributed by atoms with Gasteiger partial charge in [-0.05, 0) is 36.4 Å². The first kappa shape index (κ1) is 23.7. The Hall–Kier alpha value is -3.40. The molecule has 1 aliphatic rings. The molecule has 1 atom stereocenters. The van der Waals surface area contributed by atoms with E-state index in [1.807, 2.05) is 18.2 Å². The molecule has 34 heavy (non-hydrogen) atoms. The Morgan fingerprint density at radius 3 is 2.32 bits per heavy atom. The molecule has 8 nitrogen and oxygen atoms in total.